The third kappa shape index (κ3) is 7.74. The Bertz CT molecular complexity index is 3680. The van der Waals surface area contributed by atoms with Gasteiger partial charge in [-0.25, -0.2) is 0 Å². The fourth-order valence-corrected chi connectivity index (χ4v) is 13.4. The first-order chi connectivity index (χ1) is 32.8. The summed E-state index contributed by atoms with van der Waals surface area (Å²) in [6.07, 6.45) is 0. The predicted octanol–water partition coefficient (Wildman–Crippen LogP) is 19.5. The summed E-state index contributed by atoms with van der Waals surface area (Å²) in [6.45, 7) is 28.1. The normalized spacial score (nSPS) is 12.9. The molecule has 0 aliphatic carbocycles. The number of rotatable bonds is 4. The molecule has 0 bridgehead atoms. The van der Waals surface area contributed by atoms with Crippen LogP contribution in [-0.2, 0) is 21.7 Å². The van der Waals surface area contributed by atoms with Crippen LogP contribution in [0.1, 0.15) is 105 Å². The van der Waals surface area contributed by atoms with E-state index in [0.717, 1.165) is 0 Å². The van der Waals surface area contributed by atoms with Crippen molar-refractivity contribution in [2.24, 2.45) is 0 Å². The molecule has 342 valence electrons. The van der Waals surface area contributed by atoms with Crippen molar-refractivity contribution in [2.45, 2.75) is 105 Å². The van der Waals surface area contributed by atoms with E-state index >= 15 is 0 Å². The second-order valence-electron chi connectivity index (χ2n) is 23.8. The average Bonchev–Trinajstić information content (AvgIpc) is 3.69. The standard InChI is InChI=1S/C68H64Se/c1-65(2,3)44-34-42(35-45(39-44)66(4,5)6)61-50-24-15-13-22-48(50)60(49-23-14-16-25-51(49)61)41-32-33-56-59(38-41)69-58-31-21-30-57(64(56)58)63-54-28-19-17-26-52(54)62(53-27-18-20-29-55(53)63)43-36-46(67(7,8)9)40-47(37-43)68(10,11)12/h13-40H,1-12H3. The summed E-state index contributed by atoms with van der Waals surface area (Å²) in [7, 11) is 0. The monoisotopic (exact) mass is 960 g/mol. The van der Waals surface area contributed by atoms with Crippen molar-refractivity contribution in [3.05, 3.63) is 192 Å². The van der Waals surface area contributed by atoms with Crippen molar-refractivity contribution < 1.29 is 0 Å². The van der Waals surface area contributed by atoms with Gasteiger partial charge in [-0.05, 0) is 0 Å². The summed E-state index contributed by atoms with van der Waals surface area (Å²) >= 11 is 0.140. The molecule has 0 nitrogen and oxygen atoms in total. The summed E-state index contributed by atoms with van der Waals surface area (Å²) in [5.74, 6) is 0. The Balaban J connectivity index is 1.14. The van der Waals surface area contributed by atoms with Crippen LogP contribution in [0.4, 0.5) is 0 Å². The van der Waals surface area contributed by atoms with Crippen molar-refractivity contribution in [3.63, 3.8) is 0 Å². The van der Waals surface area contributed by atoms with Crippen molar-refractivity contribution in [3.8, 4) is 44.5 Å². The number of hydrogen-bond acceptors (Lipinski definition) is 0. The van der Waals surface area contributed by atoms with Crippen LogP contribution in [0.3, 0.4) is 0 Å². The van der Waals surface area contributed by atoms with Crippen LogP contribution in [0.5, 0.6) is 0 Å². The first-order valence-electron chi connectivity index (χ1n) is 24.9. The molecule has 0 aliphatic heterocycles. The second kappa shape index (κ2) is 16.2. The zero-order valence-electron chi connectivity index (χ0n) is 42.6. The predicted molar refractivity (Wildman–Crippen MR) is 305 cm³/mol. The van der Waals surface area contributed by atoms with Crippen LogP contribution >= 0.6 is 0 Å². The molecule has 0 atom stereocenters. The summed E-state index contributed by atoms with van der Waals surface area (Å²) in [6, 6.07) is 65.9. The molecule has 69 heavy (non-hydrogen) atoms. The molecule has 0 unspecified atom stereocenters. The second-order valence-corrected chi connectivity index (χ2v) is 26.0. The van der Waals surface area contributed by atoms with Gasteiger partial charge in [0.2, 0.25) is 0 Å². The van der Waals surface area contributed by atoms with Gasteiger partial charge in [-0.1, -0.05) is 0 Å². The quantitative estimate of drug-likeness (QED) is 0.122. The molecule has 0 amide bonds. The van der Waals surface area contributed by atoms with Gasteiger partial charge in [-0.3, -0.25) is 0 Å². The SMILES string of the molecule is CC(C)(C)c1cc(-c2c3ccccc3c(-c3ccc4c(c3)[se]c3cccc(-c5c6ccccc6c(-c6cc(C(C)(C)C)cc(C(C)(C)C)c6)c6ccccc56)c34)c3ccccc23)cc(C(C)(C)C)c1. The third-order valence-electron chi connectivity index (χ3n) is 14.8. The molecule has 1 heterocycles. The van der Waals surface area contributed by atoms with E-state index in [1.165, 1.54) is 129 Å². The summed E-state index contributed by atoms with van der Waals surface area (Å²) in [5, 5.41) is 13.2. The Morgan fingerprint density at radius 3 is 0.942 bits per heavy atom. The Morgan fingerprint density at radius 1 is 0.261 bits per heavy atom. The topological polar surface area (TPSA) is 0 Å². The van der Waals surface area contributed by atoms with Crippen molar-refractivity contribution in [2.75, 3.05) is 0 Å². The fourth-order valence-electron chi connectivity index (χ4n) is 10.9. The number of benzene rings is 10. The van der Waals surface area contributed by atoms with E-state index in [2.05, 4.69) is 253 Å². The van der Waals surface area contributed by atoms with Gasteiger partial charge < -0.3 is 0 Å². The van der Waals surface area contributed by atoms with Crippen LogP contribution in [0.2, 0.25) is 0 Å². The van der Waals surface area contributed by atoms with Gasteiger partial charge in [0.1, 0.15) is 0 Å². The molecule has 1 heteroatoms. The number of hydrogen-bond donors (Lipinski definition) is 0. The summed E-state index contributed by atoms with van der Waals surface area (Å²) < 4.78 is 2.90. The van der Waals surface area contributed by atoms with Crippen molar-refractivity contribution in [1.82, 2.24) is 0 Å². The molecule has 0 saturated carbocycles. The minimum atomic E-state index is 0.0138. The first-order valence-corrected chi connectivity index (χ1v) is 26.6. The molecule has 11 aromatic rings. The third-order valence-corrected chi connectivity index (χ3v) is 17.2. The molecule has 10 aromatic carbocycles. The Hall–Kier alpha value is -6.24. The fraction of sp³-hybridized carbons (Fsp3) is 0.235. The molecule has 0 saturated heterocycles. The van der Waals surface area contributed by atoms with E-state index in [0.29, 0.717) is 0 Å². The van der Waals surface area contributed by atoms with Gasteiger partial charge in [0, 0.05) is 0 Å². The van der Waals surface area contributed by atoms with Gasteiger partial charge in [0.15, 0.2) is 0 Å². The molecule has 0 radical (unpaired) electrons. The van der Waals surface area contributed by atoms with E-state index in [4.69, 9.17) is 0 Å². The van der Waals surface area contributed by atoms with E-state index in [1.807, 2.05) is 0 Å². The van der Waals surface area contributed by atoms with Gasteiger partial charge in [-0.2, -0.15) is 0 Å². The van der Waals surface area contributed by atoms with Crippen LogP contribution < -0.4 is 0 Å². The van der Waals surface area contributed by atoms with Gasteiger partial charge in [-0.15, -0.1) is 0 Å². The first kappa shape index (κ1) is 45.2. The maximum absolute atomic E-state index is 2.54. The van der Waals surface area contributed by atoms with Crippen LogP contribution in [0, 0.1) is 0 Å². The van der Waals surface area contributed by atoms with Gasteiger partial charge >= 0.3 is 418 Å². The average molecular weight is 960 g/mol. The van der Waals surface area contributed by atoms with Crippen LogP contribution in [-0.4, -0.2) is 14.5 Å². The zero-order valence-corrected chi connectivity index (χ0v) is 44.3. The molecule has 0 spiro atoms. The molecule has 11 rings (SSSR count). The minimum absolute atomic E-state index is 0.0138. The van der Waals surface area contributed by atoms with Crippen molar-refractivity contribution >= 4 is 76.9 Å². The van der Waals surface area contributed by atoms with E-state index < -0.39 is 0 Å². The Kier molecular flexibility index (Phi) is 10.6. The maximum atomic E-state index is 2.54. The van der Waals surface area contributed by atoms with Crippen LogP contribution in [0.15, 0.2) is 170 Å². The molecule has 1 aromatic heterocycles. The van der Waals surface area contributed by atoms with Gasteiger partial charge in [0.25, 0.3) is 0 Å². The van der Waals surface area contributed by atoms with E-state index in [-0.39, 0.29) is 36.2 Å². The Labute approximate surface area is 415 Å². The summed E-state index contributed by atoms with van der Waals surface area (Å²) in [4.78, 5) is 0. The van der Waals surface area contributed by atoms with Crippen LogP contribution in [0.25, 0.3) is 107 Å². The molecular weight excluding hydrogens is 896 g/mol. The number of fused-ring (bicyclic) bond motifs is 7. The Morgan fingerprint density at radius 2 is 0.594 bits per heavy atom. The van der Waals surface area contributed by atoms with Gasteiger partial charge in [0.05, 0.1) is 0 Å². The van der Waals surface area contributed by atoms with Crippen molar-refractivity contribution in [1.29, 1.82) is 0 Å². The molecular formula is C68H64Se. The van der Waals surface area contributed by atoms with E-state index in [1.54, 1.807) is 0 Å². The van der Waals surface area contributed by atoms with E-state index in [9.17, 15) is 0 Å². The molecule has 0 fully saturated rings. The molecule has 0 aliphatic rings. The summed E-state index contributed by atoms with van der Waals surface area (Å²) in [5.41, 5.74) is 16.1. The zero-order chi connectivity index (χ0) is 48.4. The molecule has 0 N–H and O–H groups in total.